The maximum Gasteiger partial charge on any atom is 0.255 e. The van der Waals surface area contributed by atoms with Crippen LogP contribution in [0.1, 0.15) is 85.7 Å². The van der Waals surface area contributed by atoms with E-state index in [4.69, 9.17) is 6.57 Å². The lowest BCUT2D eigenvalue weighted by atomic mass is 9.79. The highest BCUT2D eigenvalue weighted by atomic mass is 16.2. The van der Waals surface area contributed by atoms with Crippen molar-refractivity contribution in [1.29, 1.82) is 0 Å². The molecule has 1 unspecified atom stereocenters. The zero-order valence-corrected chi connectivity index (χ0v) is 19.7. The Morgan fingerprint density at radius 3 is 2.59 bits per heavy atom. The summed E-state index contributed by atoms with van der Waals surface area (Å²) < 4.78 is 0. The van der Waals surface area contributed by atoms with Crippen molar-refractivity contribution in [3.63, 3.8) is 0 Å². The Morgan fingerprint density at radius 1 is 1.03 bits per heavy atom. The third kappa shape index (κ3) is 4.74. The zero-order valence-electron chi connectivity index (χ0n) is 19.7. The number of carbonyl (C=O) groups excluding carboxylic acids is 3. The molecule has 5 rings (SSSR count). The summed E-state index contributed by atoms with van der Waals surface area (Å²) in [6.45, 7) is 7.71. The molecule has 1 aromatic carbocycles. The van der Waals surface area contributed by atoms with Crippen LogP contribution < -0.4 is 10.6 Å². The van der Waals surface area contributed by atoms with Crippen molar-refractivity contribution >= 4 is 17.7 Å². The number of imide groups is 1. The Hall–Kier alpha value is -2.72. The monoisotopic (exact) mass is 462 g/mol. The highest BCUT2D eigenvalue weighted by Gasteiger charge is 2.39. The van der Waals surface area contributed by atoms with Gasteiger partial charge in [0.25, 0.3) is 5.91 Å². The Kier molecular flexibility index (Phi) is 6.69. The molecule has 2 aliphatic carbocycles. The van der Waals surface area contributed by atoms with Crippen LogP contribution in [-0.2, 0) is 22.6 Å². The first-order chi connectivity index (χ1) is 16.5. The lowest BCUT2D eigenvalue weighted by Crippen LogP contribution is -2.52. The van der Waals surface area contributed by atoms with Gasteiger partial charge in [-0.2, -0.15) is 0 Å². The van der Waals surface area contributed by atoms with E-state index in [0.29, 0.717) is 36.5 Å². The van der Waals surface area contributed by atoms with Crippen molar-refractivity contribution in [2.24, 2.45) is 5.92 Å². The van der Waals surface area contributed by atoms with Gasteiger partial charge in [-0.25, -0.2) is 6.57 Å². The molecule has 2 saturated carbocycles. The van der Waals surface area contributed by atoms with E-state index >= 15 is 0 Å². The van der Waals surface area contributed by atoms with Crippen LogP contribution >= 0.6 is 0 Å². The van der Waals surface area contributed by atoms with Crippen LogP contribution in [0.5, 0.6) is 0 Å². The molecule has 0 radical (unpaired) electrons. The Balaban J connectivity index is 1.23. The van der Waals surface area contributed by atoms with E-state index in [1.807, 2.05) is 6.07 Å². The smallest absolute Gasteiger partial charge is 0.255 e. The fourth-order valence-corrected chi connectivity index (χ4v) is 6.40. The first kappa shape index (κ1) is 23.0. The average molecular weight is 463 g/mol. The lowest BCUT2D eigenvalue weighted by Gasteiger charge is -2.36. The molecule has 3 atom stereocenters. The predicted octanol–water partition coefficient (Wildman–Crippen LogP) is 3.37. The highest BCUT2D eigenvalue weighted by molar-refractivity contribution is 6.05. The second-order valence-electron chi connectivity index (χ2n) is 10.5. The van der Waals surface area contributed by atoms with Gasteiger partial charge in [0.1, 0.15) is 6.04 Å². The van der Waals surface area contributed by atoms with Gasteiger partial charge in [0, 0.05) is 43.5 Å². The molecule has 4 aliphatic rings. The summed E-state index contributed by atoms with van der Waals surface area (Å²) in [6, 6.07) is 6.86. The molecule has 7 heteroatoms. The third-order valence-electron chi connectivity index (χ3n) is 8.32. The summed E-state index contributed by atoms with van der Waals surface area (Å²) in [5, 5.41) is 6.32. The van der Waals surface area contributed by atoms with Crippen LogP contribution in [0.4, 0.5) is 0 Å². The minimum absolute atomic E-state index is 0.108. The Morgan fingerprint density at radius 2 is 1.82 bits per heavy atom. The molecule has 0 bridgehead atoms. The lowest BCUT2D eigenvalue weighted by molar-refractivity contribution is -0.136. The van der Waals surface area contributed by atoms with E-state index in [0.717, 1.165) is 37.7 Å². The number of hydrogen-bond acceptors (Lipinski definition) is 4. The highest BCUT2D eigenvalue weighted by Crippen LogP contribution is 2.33. The molecule has 180 valence electrons. The Bertz CT molecular complexity index is 1010. The summed E-state index contributed by atoms with van der Waals surface area (Å²) in [4.78, 5) is 42.1. The molecule has 2 N–H and O–H groups in total. The predicted molar refractivity (Wildman–Crippen MR) is 128 cm³/mol. The number of piperidine rings is 1. The third-order valence-corrected chi connectivity index (χ3v) is 8.32. The number of nitrogens with one attached hydrogen (secondary N) is 2. The van der Waals surface area contributed by atoms with Gasteiger partial charge in [-0.15, -0.1) is 0 Å². The van der Waals surface area contributed by atoms with E-state index in [9.17, 15) is 14.4 Å². The second-order valence-corrected chi connectivity index (χ2v) is 10.5. The maximum absolute atomic E-state index is 13.0. The number of hydrogen-bond donors (Lipinski definition) is 2. The number of amides is 3. The van der Waals surface area contributed by atoms with Gasteiger partial charge in [0.2, 0.25) is 17.9 Å². The van der Waals surface area contributed by atoms with Crippen LogP contribution in [0.3, 0.4) is 0 Å². The molecule has 7 nitrogen and oxygen atoms in total. The average Bonchev–Trinajstić information content (AvgIpc) is 3.16. The first-order valence-corrected chi connectivity index (χ1v) is 12.9. The number of nitrogens with zero attached hydrogens (tertiary/aromatic N) is 2. The van der Waals surface area contributed by atoms with Crippen molar-refractivity contribution in [3.8, 4) is 0 Å². The van der Waals surface area contributed by atoms with Crippen molar-refractivity contribution in [2.75, 3.05) is 0 Å². The summed E-state index contributed by atoms with van der Waals surface area (Å²) >= 11 is 0. The summed E-state index contributed by atoms with van der Waals surface area (Å²) in [7, 11) is 0. The standard InChI is InChI=1S/C27H34N4O3/c1-28-20-7-9-21(10-8-20)29-23-5-3-2-4-18(23)14-17-6-11-22-19(15-17)16-31(27(22)34)24-12-13-25(32)30-26(24)33/h6,11,15,18,20-21,23-24,29H,2-5,7-10,12-14,16H2,(H,30,32,33)/t18-,20?,21?,23+,24?/m1/s1. The molecule has 3 amide bonds. The summed E-state index contributed by atoms with van der Waals surface area (Å²) in [5.74, 6) is -0.154. The summed E-state index contributed by atoms with van der Waals surface area (Å²) in [6.07, 6.45) is 10.9. The summed E-state index contributed by atoms with van der Waals surface area (Å²) in [5.41, 5.74) is 2.93. The van der Waals surface area contributed by atoms with Gasteiger partial charge in [-0.1, -0.05) is 25.0 Å². The molecule has 1 saturated heterocycles. The fourth-order valence-electron chi connectivity index (χ4n) is 6.40. The van der Waals surface area contributed by atoms with Crippen molar-refractivity contribution in [1.82, 2.24) is 15.5 Å². The van der Waals surface area contributed by atoms with E-state index in [-0.39, 0.29) is 30.2 Å². The molecule has 1 aromatic rings. The number of rotatable bonds is 5. The topological polar surface area (TPSA) is 82.9 Å². The number of fused-ring (bicyclic) bond motifs is 1. The number of carbonyl (C=O) groups is 3. The van der Waals surface area contributed by atoms with Gasteiger partial charge in [-0.3, -0.25) is 19.7 Å². The minimum atomic E-state index is -0.564. The van der Waals surface area contributed by atoms with Crippen LogP contribution in [0.25, 0.3) is 4.85 Å². The van der Waals surface area contributed by atoms with Crippen LogP contribution in [0, 0.1) is 12.5 Å². The molecule has 3 fully saturated rings. The van der Waals surface area contributed by atoms with Gasteiger partial charge >= 0.3 is 0 Å². The zero-order chi connectivity index (χ0) is 23.7. The maximum atomic E-state index is 13.0. The first-order valence-electron chi connectivity index (χ1n) is 12.9. The van der Waals surface area contributed by atoms with Gasteiger partial charge in [0.05, 0.1) is 0 Å². The van der Waals surface area contributed by atoms with Crippen molar-refractivity contribution < 1.29 is 14.4 Å². The molecule has 0 spiro atoms. The Labute approximate surface area is 201 Å². The molecule has 2 aliphatic heterocycles. The van der Waals surface area contributed by atoms with E-state index in [2.05, 4.69) is 27.6 Å². The van der Waals surface area contributed by atoms with Crippen molar-refractivity contribution in [2.45, 2.75) is 101 Å². The largest absolute Gasteiger partial charge is 0.322 e. The van der Waals surface area contributed by atoms with E-state index in [1.54, 1.807) is 4.90 Å². The van der Waals surface area contributed by atoms with E-state index < -0.39 is 6.04 Å². The minimum Gasteiger partial charge on any atom is -0.322 e. The van der Waals surface area contributed by atoms with Gasteiger partial charge < -0.3 is 15.1 Å². The van der Waals surface area contributed by atoms with E-state index in [1.165, 1.54) is 31.2 Å². The molecular weight excluding hydrogens is 428 g/mol. The SMILES string of the molecule is [C-]#[N+]C1CCC(N[C@H]2CCCC[C@@H]2Cc2ccc3c(c2)CN(C2CCC(=O)NC2=O)C3=O)CC1. The van der Waals surface area contributed by atoms with Crippen LogP contribution in [0.15, 0.2) is 18.2 Å². The quantitative estimate of drug-likeness (QED) is 0.519. The van der Waals surface area contributed by atoms with Gasteiger partial charge in [-0.05, 0) is 61.6 Å². The van der Waals surface area contributed by atoms with Crippen LogP contribution in [-0.4, -0.2) is 46.8 Å². The molecule has 0 aromatic heterocycles. The molecule has 2 heterocycles. The van der Waals surface area contributed by atoms with Crippen LogP contribution in [0.2, 0.25) is 0 Å². The molecule has 34 heavy (non-hydrogen) atoms. The normalized spacial score (nSPS) is 31.7. The molecular formula is C27H34N4O3. The van der Waals surface area contributed by atoms with Gasteiger partial charge in [0.15, 0.2) is 0 Å². The number of benzene rings is 1. The fraction of sp³-hybridized carbons (Fsp3) is 0.630. The van der Waals surface area contributed by atoms with Crippen molar-refractivity contribution in [3.05, 3.63) is 46.3 Å². The second kappa shape index (κ2) is 9.87.